The summed E-state index contributed by atoms with van der Waals surface area (Å²) in [5.74, 6) is -1.82. The minimum absolute atomic E-state index is 0.173. The Kier molecular flexibility index (Phi) is 16.3. The van der Waals surface area contributed by atoms with E-state index >= 15 is 0 Å². The molecule has 0 heterocycles. The molecule has 2 aromatic rings. The first kappa shape index (κ1) is 41.3. The largest absolute Gasteiger partial charge is 0.458 e. The molecule has 2 rings (SSSR count). The Morgan fingerprint density at radius 3 is 1.98 bits per heavy atom. The molecule has 0 spiro atoms. The summed E-state index contributed by atoms with van der Waals surface area (Å²) in [5.41, 5.74) is 1.51. The highest BCUT2D eigenvalue weighted by Gasteiger charge is 2.38. The van der Waals surface area contributed by atoms with Gasteiger partial charge in [0.15, 0.2) is 0 Å². The first-order valence-electron chi connectivity index (χ1n) is 17.5. The van der Waals surface area contributed by atoms with Crippen LogP contribution in [0.5, 0.6) is 0 Å². The van der Waals surface area contributed by atoms with Gasteiger partial charge in [0.05, 0.1) is 6.61 Å². The number of hydrogen-bond donors (Lipinski definition) is 3. The van der Waals surface area contributed by atoms with Crippen LogP contribution < -0.4 is 10.6 Å². The van der Waals surface area contributed by atoms with Gasteiger partial charge in [-0.25, -0.2) is 9.59 Å². The van der Waals surface area contributed by atoms with Gasteiger partial charge in [-0.15, -0.1) is 0 Å². The molecule has 10 heteroatoms. The molecule has 0 fully saturated rings. The lowest BCUT2D eigenvalue weighted by molar-refractivity contribution is -0.159. The van der Waals surface area contributed by atoms with Crippen molar-refractivity contribution in [3.63, 3.8) is 0 Å². The van der Waals surface area contributed by atoms with Crippen molar-refractivity contribution in [2.45, 2.75) is 137 Å². The highest BCUT2D eigenvalue weighted by molar-refractivity contribution is 5.94. The van der Waals surface area contributed by atoms with E-state index in [0.29, 0.717) is 12.0 Å². The summed E-state index contributed by atoms with van der Waals surface area (Å²) in [4.78, 5) is 56.7. The van der Waals surface area contributed by atoms with Gasteiger partial charge in [0.25, 0.3) is 0 Å². The van der Waals surface area contributed by atoms with E-state index in [0.717, 1.165) is 48.8 Å². The van der Waals surface area contributed by atoms with Crippen LogP contribution in [0.15, 0.2) is 48.5 Å². The number of hydrogen-bond acceptors (Lipinski definition) is 7. The molecule has 0 bridgehead atoms. The number of carbonyl (C=O) groups is 4. The van der Waals surface area contributed by atoms with E-state index in [4.69, 9.17) is 9.47 Å². The molecule has 49 heavy (non-hydrogen) atoms. The van der Waals surface area contributed by atoms with E-state index in [1.54, 1.807) is 41.5 Å². The number of nitrogens with one attached hydrogen (secondary N) is 2. The Labute approximate surface area is 293 Å². The molecule has 10 nitrogen and oxygen atoms in total. The Bertz CT molecular complexity index is 1360. The third-order valence-electron chi connectivity index (χ3n) is 7.78. The fraction of sp³-hybridized carbons (Fsp3) is 0.590. The lowest BCUT2D eigenvalue weighted by atomic mass is 9.95. The summed E-state index contributed by atoms with van der Waals surface area (Å²) < 4.78 is 11.1. The van der Waals surface area contributed by atoms with E-state index in [2.05, 4.69) is 17.6 Å². The van der Waals surface area contributed by atoms with Crippen LogP contribution in [0.4, 0.5) is 4.79 Å². The Morgan fingerprint density at radius 1 is 0.796 bits per heavy atom. The number of carbonyl (C=O) groups excluding carboxylic acids is 4. The molecule has 0 saturated heterocycles. The van der Waals surface area contributed by atoms with Gasteiger partial charge in [0, 0.05) is 13.0 Å². The van der Waals surface area contributed by atoms with E-state index < -0.39 is 59.8 Å². The summed E-state index contributed by atoms with van der Waals surface area (Å²) in [7, 11) is 0. The number of amides is 3. The number of ether oxygens (including phenoxy) is 2. The number of benzene rings is 2. The minimum atomic E-state index is -1.37. The third-order valence-corrected chi connectivity index (χ3v) is 7.78. The molecule has 3 amide bonds. The molecular formula is C39H59N3O7. The molecule has 0 aliphatic rings. The van der Waals surface area contributed by atoms with Crippen molar-refractivity contribution >= 4 is 23.9 Å². The average molecular weight is 682 g/mol. The molecule has 0 saturated carbocycles. The third kappa shape index (κ3) is 14.6. The summed E-state index contributed by atoms with van der Waals surface area (Å²) in [6.45, 7) is 15.8. The van der Waals surface area contributed by atoms with Crippen molar-refractivity contribution in [1.29, 1.82) is 0 Å². The van der Waals surface area contributed by atoms with Crippen LogP contribution in [0, 0.1) is 13.8 Å². The fourth-order valence-corrected chi connectivity index (χ4v) is 5.51. The summed E-state index contributed by atoms with van der Waals surface area (Å²) >= 11 is 0. The quantitative estimate of drug-likeness (QED) is 0.128. The van der Waals surface area contributed by atoms with Gasteiger partial charge in [0.2, 0.25) is 11.8 Å². The van der Waals surface area contributed by atoms with Crippen molar-refractivity contribution in [2.24, 2.45) is 0 Å². The van der Waals surface area contributed by atoms with Crippen LogP contribution in [-0.2, 0) is 30.3 Å². The number of esters is 1. The number of aliphatic hydroxyl groups is 1. The van der Waals surface area contributed by atoms with Crippen molar-refractivity contribution in [3.05, 3.63) is 70.8 Å². The number of aliphatic hydroxyl groups excluding tert-OH is 1. The van der Waals surface area contributed by atoms with Gasteiger partial charge in [-0.05, 0) is 78.5 Å². The zero-order valence-corrected chi connectivity index (χ0v) is 31.1. The van der Waals surface area contributed by atoms with Crippen LogP contribution in [0.25, 0.3) is 0 Å². The topological polar surface area (TPSA) is 134 Å². The molecule has 3 atom stereocenters. The first-order chi connectivity index (χ1) is 23.0. The molecule has 0 radical (unpaired) electrons. The van der Waals surface area contributed by atoms with Crippen molar-refractivity contribution in [2.75, 3.05) is 13.2 Å². The molecule has 272 valence electrons. The highest BCUT2D eigenvalue weighted by atomic mass is 16.6. The molecule has 3 N–H and O–H groups in total. The van der Waals surface area contributed by atoms with Crippen LogP contribution in [0.2, 0.25) is 0 Å². The summed E-state index contributed by atoms with van der Waals surface area (Å²) in [6.07, 6.45) is 4.95. The van der Waals surface area contributed by atoms with E-state index in [1.807, 2.05) is 62.4 Å². The Balaban J connectivity index is 2.61. The lowest BCUT2D eigenvalue weighted by Gasteiger charge is -2.35. The maximum Gasteiger partial charge on any atom is 0.408 e. The number of aryl methyl sites for hydroxylation is 2. The van der Waals surface area contributed by atoms with Gasteiger partial charge in [-0.3, -0.25) is 9.59 Å². The van der Waals surface area contributed by atoms with Crippen molar-refractivity contribution in [3.8, 4) is 0 Å². The zero-order valence-electron chi connectivity index (χ0n) is 31.1. The molecule has 3 unspecified atom stereocenters. The predicted molar refractivity (Wildman–Crippen MR) is 192 cm³/mol. The monoisotopic (exact) mass is 681 g/mol. The van der Waals surface area contributed by atoms with Crippen molar-refractivity contribution < 1.29 is 33.8 Å². The van der Waals surface area contributed by atoms with Crippen LogP contribution in [0.1, 0.15) is 115 Å². The van der Waals surface area contributed by atoms with Crippen LogP contribution in [-0.4, -0.2) is 70.3 Å². The summed E-state index contributed by atoms with van der Waals surface area (Å²) in [6, 6.07) is 11.3. The number of unbranched alkanes of at least 4 members (excludes halogenated alkanes) is 5. The molecule has 0 aliphatic carbocycles. The molecule has 0 aliphatic heterocycles. The van der Waals surface area contributed by atoms with Gasteiger partial charge in [-0.1, -0.05) is 93.1 Å². The normalized spacial score (nSPS) is 13.5. The van der Waals surface area contributed by atoms with E-state index in [-0.39, 0.29) is 13.0 Å². The van der Waals surface area contributed by atoms with Gasteiger partial charge in [-0.2, -0.15) is 0 Å². The zero-order chi connectivity index (χ0) is 36.8. The standard InChI is InChI=1S/C39H59N3O7/c1-10-11-12-13-14-18-23-42(35(45)32(26-43)41-37(47)49-39(7,8)9)33(30-22-21-27(2)24-28(30)3)34(44)40-31(36(46)48-38(4,5)6)25-29-19-16-15-17-20-29/h15-17,19-22,24,31-33,43H,10-14,18,23,25-26H2,1-9H3,(H,40,44)(H,41,47). The second-order valence-corrected chi connectivity index (χ2v) is 14.7. The highest BCUT2D eigenvalue weighted by Crippen LogP contribution is 2.28. The number of alkyl carbamates (subject to hydrolysis) is 1. The predicted octanol–water partition coefficient (Wildman–Crippen LogP) is 6.49. The minimum Gasteiger partial charge on any atom is -0.458 e. The van der Waals surface area contributed by atoms with Gasteiger partial charge < -0.3 is 30.1 Å². The SMILES string of the molecule is CCCCCCCCN(C(=O)C(CO)NC(=O)OC(C)(C)C)C(C(=O)NC(Cc1ccccc1)C(=O)OC(C)(C)C)c1ccc(C)cc1C. The van der Waals surface area contributed by atoms with Crippen LogP contribution in [0.3, 0.4) is 0 Å². The Hall–Kier alpha value is -3.92. The van der Waals surface area contributed by atoms with Crippen LogP contribution >= 0.6 is 0 Å². The number of rotatable bonds is 17. The fourth-order valence-electron chi connectivity index (χ4n) is 5.51. The van der Waals surface area contributed by atoms with Crippen molar-refractivity contribution in [1.82, 2.24) is 15.5 Å². The second-order valence-electron chi connectivity index (χ2n) is 14.7. The lowest BCUT2D eigenvalue weighted by Crippen LogP contribution is -2.56. The average Bonchev–Trinajstić information content (AvgIpc) is 2.99. The first-order valence-corrected chi connectivity index (χ1v) is 17.5. The molecular weight excluding hydrogens is 622 g/mol. The Morgan fingerprint density at radius 2 is 1.41 bits per heavy atom. The summed E-state index contributed by atoms with van der Waals surface area (Å²) in [5, 5.41) is 15.8. The van der Waals surface area contributed by atoms with Gasteiger partial charge >= 0.3 is 12.1 Å². The van der Waals surface area contributed by atoms with E-state index in [1.165, 1.54) is 4.90 Å². The maximum absolute atomic E-state index is 14.6. The number of nitrogens with zero attached hydrogens (tertiary/aromatic N) is 1. The van der Waals surface area contributed by atoms with Gasteiger partial charge in [0.1, 0.15) is 29.3 Å². The molecule has 2 aromatic carbocycles. The maximum atomic E-state index is 14.6. The smallest absolute Gasteiger partial charge is 0.408 e. The molecule has 0 aromatic heterocycles. The van der Waals surface area contributed by atoms with E-state index in [9.17, 15) is 24.3 Å². The second kappa shape index (κ2) is 19.3.